The van der Waals surface area contributed by atoms with E-state index >= 15 is 0 Å². The van der Waals surface area contributed by atoms with Crippen LogP contribution in [0.25, 0.3) is 6.08 Å². The fourth-order valence-electron chi connectivity index (χ4n) is 1.57. The highest BCUT2D eigenvalue weighted by atomic mass is 19.1. The number of halogens is 1. The van der Waals surface area contributed by atoms with Crippen LogP contribution in [0.1, 0.15) is 5.56 Å². The number of carbonyl (C=O) groups is 1. The maximum absolute atomic E-state index is 12.9. The van der Waals surface area contributed by atoms with Crippen LogP contribution >= 0.6 is 0 Å². The second-order valence-corrected chi connectivity index (χ2v) is 4.08. The van der Waals surface area contributed by atoms with E-state index in [1.165, 1.54) is 42.5 Å². The van der Waals surface area contributed by atoms with E-state index in [2.05, 4.69) is 5.32 Å². The molecule has 0 aliphatic heterocycles. The monoisotopic (exact) mass is 273 g/mol. The van der Waals surface area contributed by atoms with Gasteiger partial charge in [-0.3, -0.25) is 4.79 Å². The molecule has 0 saturated carbocycles. The third-order valence-electron chi connectivity index (χ3n) is 2.52. The Kier molecular flexibility index (Phi) is 4.00. The third-order valence-corrected chi connectivity index (χ3v) is 2.52. The zero-order valence-corrected chi connectivity index (χ0v) is 10.4. The number of benzene rings is 2. The molecule has 0 aliphatic carbocycles. The van der Waals surface area contributed by atoms with Crippen molar-refractivity contribution >= 4 is 17.7 Å². The van der Waals surface area contributed by atoms with Crippen LogP contribution in [-0.2, 0) is 4.79 Å². The Hall–Kier alpha value is -2.82. The highest BCUT2D eigenvalue weighted by molar-refractivity contribution is 6.01. The van der Waals surface area contributed by atoms with Crippen LogP contribution in [0.2, 0.25) is 0 Å². The Morgan fingerprint density at radius 1 is 1.10 bits per heavy atom. The summed E-state index contributed by atoms with van der Waals surface area (Å²) < 4.78 is 12.9. The molecule has 0 heterocycles. The Morgan fingerprint density at radius 2 is 1.90 bits per heavy atom. The van der Waals surface area contributed by atoms with Gasteiger partial charge in [0.15, 0.2) is 11.5 Å². The summed E-state index contributed by atoms with van der Waals surface area (Å²) in [6, 6.07) is 9.73. The fraction of sp³-hybridized carbons (Fsp3) is 0. The van der Waals surface area contributed by atoms with Crippen molar-refractivity contribution in [3.8, 4) is 11.5 Å². The number of phenolic OH excluding ortho intramolecular Hbond substituents is 2. The quantitative estimate of drug-likeness (QED) is 0.595. The van der Waals surface area contributed by atoms with Gasteiger partial charge >= 0.3 is 0 Å². The summed E-state index contributed by atoms with van der Waals surface area (Å²) in [6.07, 6.45) is 2.71. The van der Waals surface area contributed by atoms with Crippen molar-refractivity contribution in [2.24, 2.45) is 0 Å². The average molecular weight is 273 g/mol. The van der Waals surface area contributed by atoms with E-state index in [0.29, 0.717) is 11.3 Å². The molecule has 0 fully saturated rings. The minimum Gasteiger partial charge on any atom is -0.504 e. The van der Waals surface area contributed by atoms with E-state index in [1.807, 2.05) is 0 Å². The Morgan fingerprint density at radius 3 is 2.60 bits per heavy atom. The van der Waals surface area contributed by atoms with Gasteiger partial charge in [0.2, 0.25) is 5.91 Å². The van der Waals surface area contributed by atoms with Crippen molar-refractivity contribution in [1.29, 1.82) is 0 Å². The zero-order chi connectivity index (χ0) is 14.5. The largest absolute Gasteiger partial charge is 0.504 e. The van der Waals surface area contributed by atoms with Gasteiger partial charge in [0.25, 0.3) is 0 Å². The molecule has 0 atom stereocenters. The summed E-state index contributed by atoms with van der Waals surface area (Å²) >= 11 is 0. The van der Waals surface area contributed by atoms with E-state index in [0.717, 1.165) is 0 Å². The predicted molar refractivity (Wildman–Crippen MR) is 73.8 cm³/mol. The first-order chi connectivity index (χ1) is 9.54. The summed E-state index contributed by atoms with van der Waals surface area (Å²) in [5.41, 5.74) is 0.905. The van der Waals surface area contributed by atoms with Crippen LogP contribution < -0.4 is 5.32 Å². The van der Waals surface area contributed by atoms with Crippen molar-refractivity contribution in [3.05, 3.63) is 59.9 Å². The van der Waals surface area contributed by atoms with Crippen LogP contribution in [0.3, 0.4) is 0 Å². The topological polar surface area (TPSA) is 69.6 Å². The molecule has 0 unspecified atom stereocenters. The average Bonchev–Trinajstić information content (AvgIpc) is 2.40. The van der Waals surface area contributed by atoms with Gasteiger partial charge in [0, 0.05) is 11.8 Å². The molecule has 3 N–H and O–H groups in total. The van der Waals surface area contributed by atoms with Crippen molar-refractivity contribution in [2.75, 3.05) is 5.32 Å². The minimum absolute atomic E-state index is 0.230. The van der Waals surface area contributed by atoms with E-state index in [-0.39, 0.29) is 11.5 Å². The molecule has 4 nitrogen and oxygen atoms in total. The summed E-state index contributed by atoms with van der Waals surface area (Å²) in [6.45, 7) is 0. The number of rotatable bonds is 3. The summed E-state index contributed by atoms with van der Waals surface area (Å²) in [5.74, 6) is -1.36. The molecular formula is C15H12FNO3. The lowest BCUT2D eigenvalue weighted by Crippen LogP contribution is -2.07. The molecule has 0 saturated heterocycles. The second-order valence-electron chi connectivity index (χ2n) is 4.08. The summed E-state index contributed by atoms with van der Waals surface area (Å²) in [4.78, 5) is 11.6. The molecule has 2 rings (SSSR count). The lowest BCUT2D eigenvalue weighted by Gasteiger charge is -2.02. The number of amides is 1. The number of aromatic hydroxyl groups is 2. The molecule has 0 aliphatic rings. The molecule has 2 aromatic rings. The molecule has 102 valence electrons. The maximum Gasteiger partial charge on any atom is 0.248 e. The second kappa shape index (κ2) is 5.88. The Labute approximate surface area is 114 Å². The smallest absolute Gasteiger partial charge is 0.248 e. The van der Waals surface area contributed by atoms with Crippen LogP contribution in [0, 0.1) is 5.82 Å². The van der Waals surface area contributed by atoms with Gasteiger partial charge in [-0.2, -0.15) is 0 Å². The highest BCUT2D eigenvalue weighted by Crippen LogP contribution is 2.25. The van der Waals surface area contributed by atoms with Gasteiger partial charge in [-0.25, -0.2) is 4.39 Å². The van der Waals surface area contributed by atoms with Crippen molar-refractivity contribution in [3.63, 3.8) is 0 Å². The number of hydrogen-bond donors (Lipinski definition) is 3. The third kappa shape index (κ3) is 3.58. The van der Waals surface area contributed by atoms with Gasteiger partial charge in [0.05, 0.1) is 0 Å². The maximum atomic E-state index is 12.9. The minimum atomic E-state index is -0.435. The van der Waals surface area contributed by atoms with E-state index < -0.39 is 11.7 Å². The van der Waals surface area contributed by atoms with Gasteiger partial charge < -0.3 is 15.5 Å². The molecular weight excluding hydrogens is 261 g/mol. The van der Waals surface area contributed by atoms with Crippen molar-refractivity contribution in [1.82, 2.24) is 0 Å². The van der Waals surface area contributed by atoms with Crippen molar-refractivity contribution in [2.45, 2.75) is 0 Å². The SMILES string of the molecule is O=C(/C=C/c1ccc(O)c(O)c1)Nc1cccc(F)c1. The molecule has 5 heteroatoms. The standard InChI is InChI=1S/C15H12FNO3/c16-11-2-1-3-12(9-11)17-15(20)7-5-10-4-6-13(18)14(19)8-10/h1-9,18-19H,(H,17,20)/b7-5+. The first-order valence-electron chi connectivity index (χ1n) is 5.81. The van der Waals surface area contributed by atoms with E-state index in [9.17, 15) is 14.3 Å². The van der Waals surface area contributed by atoms with E-state index in [1.54, 1.807) is 12.1 Å². The Balaban J connectivity index is 2.03. The van der Waals surface area contributed by atoms with Gasteiger partial charge in [-0.15, -0.1) is 0 Å². The number of nitrogens with one attached hydrogen (secondary N) is 1. The normalized spacial score (nSPS) is 10.7. The summed E-state index contributed by atoms with van der Waals surface area (Å²) in [7, 11) is 0. The number of carbonyl (C=O) groups excluding carboxylic acids is 1. The fourth-order valence-corrected chi connectivity index (χ4v) is 1.57. The highest BCUT2D eigenvalue weighted by Gasteiger charge is 2.01. The molecule has 0 radical (unpaired) electrons. The first-order valence-corrected chi connectivity index (χ1v) is 5.81. The van der Waals surface area contributed by atoms with Gasteiger partial charge in [-0.05, 0) is 42.0 Å². The van der Waals surface area contributed by atoms with E-state index in [4.69, 9.17) is 5.11 Å². The number of anilines is 1. The van der Waals surface area contributed by atoms with Crippen molar-refractivity contribution < 1.29 is 19.4 Å². The zero-order valence-electron chi connectivity index (χ0n) is 10.4. The Bertz CT molecular complexity index is 668. The van der Waals surface area contributed by atoms with Gasteiger partial charge in [-0.1, -0.05) is 12.1 Å². The number of phenols is 2. The van der Waals surface area contributed by atoms with Crippen LogP contribution in [0.15, 0.2) is 48.5 Å². The van der Waals surface area contributed by atoms with Crippen LogP contribution in [-0.4, -0.2) is 16.1 Å². The van der Waals surface area contributed by atoms with Crippen LogP contribution in [0.4, 0.5) is 10.1 Å². The lowest BCUT2D eigenvalue weighted by molar-refractivity contribution is -0.111. The molecule has 20 heavy (non-hydrogen) atoms. The molecule has 0 spiro atoms. The van der Waals surface area contributed by atoms with Crippen LogP contribution in [0.5, 0.6) is 11.5 Å². The number of hydrogen-bond acceptors (Lipinski definition) is 3. The predicted octanol–water partition coefficient (Wildman–Crippen LogP) is 2.89. The van der Waals surface area contributed by atoms with Gasteiger partial charge in [0.1, 0.15) is 5.82 Å². The molecule has 2 aromatic carbocycles. The molecule has 1 amide bonds. The lowest BCUT2D eigenvalue weighted by atomic mass is 10.2. The molecule has 0 aromatic heterocycles. The molecule has 0 bridgehead atoms. The summed E-state index contributed by atoms with van der Waals surface area (Å²) in [5, 5.41) is 21.0. The first kappa shape index (κ1) is 13.6.